The maximum atomic E-state index is 12.4. The second kappa shape index (κ2) is 8.74. The first-order valence-electron chi connectivity index (χ1n) is 6.81. The molecule has 0 spiro atoms. The summed E-state index contributed by atoms with van der Waals surface area (Å²) in [5.41, 5.74) is 6.83. The molecule has 0 aliphatic carbocycles. The first-order valence-corrected chi connectivity index (χ1v) is 10.7. The van der Waals surface area contributed by atoms with Crippen LogP contribution in [0.15, 0.2) is 54.6 Å². The molecule has 0 aliphatic rings. The van der Waals surface area contributed by atoms with Crippen LogP contribution in [0.5, 0.6) is 0 Å². The van der Waals surface area contributed by atoms with Crippen molar-refractivity contribution >= 4 is 46.0 Å². The number of anilines is 1. The number of nitrogens with one attached hydrogen (secondary N) is 1. The van der Waals surface area contributed by atoms with Gasteiger partial charge in [0, 0.05) is 0 Å². The van der Waals surface area contributed by atoms with Gasteiger partial charge in [0.25, 0.3) is 0 Å². The van der Waals surface area contributed by atoms with Crippen LogP contribution >= 0.6 is 10.2 Å². The molecule has 7 heteroatoms. The summed E-state index contributed by atoms with van der Waals surface area (Å²) in [6.45, 7) is 0. The summed E-state index contributed by atoms with van der Waals surface area (Å²) < 4.78 is 0.913. The molecule has 1 atom stereocenters. The summed E-state index contributed by atoms with van der Waals surface area (Å²) in [6.07, 6.45) is 0. The zero-order chi connectivity index (χ0) is 16.7. The summed E-state index contributed by atoms with van der Waals surface area (Å²) in [7, 11) is 1.46. The third-order valence-corrected chi connectivity index (χ3v) is 7.14. The molecule has 0 fully saturated rings. The Labute approximate surface area is 143 Å². The second-order valence-electron chi connectivity index (χ2n) is 4.63. The molecule has 4 N–H and O–H groups in total. The van der Waals surface area contributed by atoms with Gasteiger partial charge in [-0.3, -0.25) is 0 Å². The van der Waals surface area contributed by atoms with Crippen molar-refractivity contribution in [3.63, 3.8) is 0 Å². The van der Waals surface area contributed by atoms with Gasteiger partial charge in [0.2, 0.25) is 0 Å². The van der Waals surface area contributed by atoms with Gasteiger partial charge in [-0.15, -0.1) is 0 Å². The molecule has 0 aromatic heterocycles. The maximum absolute atomic E-state index is 12.4. The van der Waals surface area contributed by atoms with Crippen LogP contribution in [0, 0.1) is 0 Å². The topological polar surface area (TPSA) is 92.4 Å². The first kappa shape index (κ1) is 17.6. The van der Waals surface area contributed by atoms with Crippen molar-refractivity contribution in [2.45, 2.75) is 6.04 Å². The van der Waals surface area contributed by atoms with Gasteiger partial charge in [-0.05, 0) is 0 Å². The van der Waals surface area contributed by atoms with E-state index in [4.69, 9.17) is 10.8 Å². The number of carboxylic acid groups (broad SMARTS) is 1. The van der Waals surface area contributed by atoms with Gasteiger partial charge < -0.3 is 0 Å². The number of nitrogens with two attached hydrogens (primary N) is 1. The molecule has 1 amide bonds. The molecule has 0 radical (unpaired) electrons. The second-order valence-corrected chi connectivity index (χ2v) is 8.82. The average molecular weight is 395 g/mol. The van der Waals surface area contributed by atoms with Gasteiger partial charge in [-0.25, -0.2) is 0 Å². The average Bonchev–Trinajstić information content (AvgIpc) is 2.56. The number of carboxylic acids is 1. The Balaban J connectivity index is 2.02. The monoisotopic (exact) mass is 396 g/mol. The Morgan fingerprint density at radius 3 is 2.48 bits per heavy atom. The third-order valence-electron chi connectivity index (χ3n) is 2.88. The zero-order valence-corrected chi connectivity index (χ0v) is 14.7. The summed E-state index contributed by atoms with van der Waals surface area (Å²) >= 11 is -0.0856. The van der Waals surface area contributed by atoms with Crippen LogP contribution in [-0.2, 0) is 4.79 Å². The van der Waals surface area contributed by atoms with E-state index in [-0.39, 0.29) is 19.7 Å². The van der Waals surface area contributed by atoms with Gasteiger partial charge in [0.1, 0.15) is 0 Å². The normalized spacial score (nSPS) is 11.7. The van der Waals surface area contributed by atoms with Crippen molar-refractivity contribution in [1.82, 2.24) is 0 Å². The zero-order valence-electron chi connectivity index (χ0n) is 12.1. The Hall–Kier alpha value is -1.79. The van der Waals surface area contributed by atoms with Gasteiger partial charge in [0.05, 0.1) is 0 Å². The van der Waals surface area contributed by atoms with E-state index in [0.717, 1.165) is 10.1 Å². The van der Waals surface area contributed by atoms with Gasteiger partial charge >= 0.3 is 144 Å². The third kappa shape index (κ3) is 5.41. The molecule has 2 aromatic carbocycles. The summed E-state index contributed by atoms with van der Waals surface area (Å²) in [6, 6.07) is 15.7. The standard InChI is InChI=1S/C16H16N2O3SSe/c17-13(16(20)21)10-22-23-14-9-5-4-8-12(14)15(19)18-11-6-2-1-3-7-11/h1-9,13H,10,17H2,(H,18,19)(H,20,21)/t13-/m0/s1. The van der Waals surface area contributed by atoms with Gasteiger partial charge in [0.15, 0.2) is 0 Å². The van der Waals surface area contributed by atoms with Crippen molar-refractivity contribution in [2.24, 2.45) is 5.73 Å². The number of rotatable bonds is 7. The number of hydrogen-bond acceptors (Lipinski definition) is 4. The number of benzene rings is 2. The number of amides is 1. The molecule has 2 rings (SSSR count). The van der Waals surface area contributed by atoms with Crippen molar-refractivity contribution in [3.8, 4) is 0 Å². The van der Waals surface area contributed by atoms with E-state index in [1.165, 1.54) is 10.2 Å². The van der Waals surface area contributed by atoms with Crippen LogP contribution in [-0.4, -0.2) is 42.6 Å². The number of carbonyl (C=O) groups is 2. The van der Waals surface area contributed by atoms with Crippen molar-refractivity contribution < 1.29 is 14.7 Å². The Morgan fingerprint density at radius 2 is 1.78 bits per heavy atom. The SMILES string of the molecule is N[C@@H](CS[Se]c1ccccc1C(=O)Nc1ccccc1)C(=O)O. The molecule has 0 bridgehead atoms. The fourth-order valence-corrected chi connectivity index (χ4v) is 5.89. The van der Waals surface area contributed by atoms with Crippen molar-refractivity contribution in [3.05, 3.63) is 60.2 Å². The molecule has 2 aromatic rings. The van der Waals surface area contributed by atoms with E-state index in [2.05, 4.69) is 5.32 Å². The fourth-order valence-electron chi connectivity index (χ4n) is 1.69. The molecular formula is C16H16N2O3SSe. The summed E-state index contributed by atoms with van der Waals surface area (Å²) in [4.78, 5) is 23.1. The van der Waals surface area contributed by atoms with Crippen LogP contribution in [0.1, 0.15) is 10.4 Å². The molecule has 0 aliphatic heterocycles. The Kier molecular flexibility index (Phi) is 6.67. The van der Waals surface area contributed by atoms with Crippen LogP contribution in [0.3, 0.4) is 0 Å². The minimum atomic E-state index is -1.01. The molecule has 0 saturated heterocycles. The summed E-state index contributed by atoms with van der Waals surface area (Å²) in [5, 5.41) is 11.6. The number of hydrogen-bond donors (Lipinski definition) is 3. The predicted molar refractivity (Wildman–Crippen MR) is 94.3 cm³/mol. The molecule has 0 unspecified atom stereocenters. The fraction of sp³-hybridized carbons (Fsp3) is 0.125. The Bertz CT molecular complexity index is 682. The molecule has 120 valence electrons. The number of para-hydroxylation sites is 1. The van der Waals surface area contributed by atoms with Crippen LogP contribution < -0.4 is 15.5 Å². The summed E-state index contributed by atoms with van der Waals surface area (Å²) in [5.74, 6) is -0.857. The van der Waals surface area contributed by atoms with E-state index in [0.29, 0.717) is 11.3 Å². The van der Waals surface area contributed by atoms with Crippen LogP contribution in [0.4, 0.5) is 5.69 Å². The molecular weight excluding hydrogens is 379 g/mol. The molecule has 23 heavy (non-hydrogen) atoms. The quantitative estimate of drug-likeness (QED) is 0.616. The van der Waals surface area contributed by atoms with E-state index < -0.39 is 12.0 Å². The van der Waals surface area contributed by atoms with Gasteiger partial charge in [-0.2, -0.15) is 0 Å². The minimum absolute atomic E-state index is 0.0856. The van der Waals surface area contributed by atoms with E-state index >= 15 is 0 Å². The first-order chi connectivity index (χ1) is 11.1. The van der Waals surface area contributed by atoms with Gasteiger partial charge in [-0.1, -0.05) is 0 Å². The van der Waals surface area contributed by atoms with Crippen molar-refractivity contribution in [1.29, 1.82) is 0 Å². The predicted octanol–water partition coefficient (Wildman–Crippen LogP) is 1.33. The van der Waals surface area contributed by atoms with E-state index in [1.807, 2.05) is 48.5 Å². The van der Waals surface area contributed by atoms with Crippen LogP contribution in [0.25, 0.3) is 0 Å². The van der Waals surface area contributed by atoms with E-state index in [9.17, 15) is 9.59 Å². The van der Waals surface area contributed by atoms with Crippen LogP contribution in [0.2, 0.25) is 0 Å². The molecule has 5 nitrogen and oxygen atoms in total. The molecule has 0 saturated carbocycles. The van der Waals surface area contributed by atoms with E-state index in [1.54, 1.807) is 6.07 Å². The van der Waals surface area contributed by atoms with Crippen molar-refractivity contribution in [2.75, 3.05) is 11.1 Å². The Morgan fingerprint density at radius 1 is 1.13 bits per heavy atom. The molecule has 0 heterocycles. The number of aliphatic carboxylic acids is 1. The number of carbonyl (C=O) groups excluding carboxylic acids is 1.